The van der Waals surface area contributed by atoms with Gasteiger partial charge in [-0.2, -0.15) is 0 Å². The molecule has 2 aromatic heterocycles. The number of nitrogens with one attached hydrogen (secondary N) is 1. The monoisotopic (exact) mass is 328 g/mol. The molecule has 0 spiro atoms. The van der Waals surface area contributed by atoms with Crippen molar-refractivity contribution in [3.05, 3.63) is 54.0 Å². The number of nitrogens with zero attached hydrogens (tertiary/aromatic N) is 1. The van der Waals surface area contributed by atoms with Crippen LogP contribution in [0, 0.1) is 0 Å². The van der Waals surface area contributed by atoms with Crippen LogP contribution in [0.4, 0.5) is 5.13 Å². The lowest BCUT2D eigenvalue weighted by molar-refractivity contribution is -0.111. The molecule has 0 saturated heterocycles. The summed E-state index contributed by atoms with van der Waals surface area (Å²) in [5, 5.41) is 3.14. The van der Waals surface area contributed by atoms with Gasteiger partial charge in [0, 0.05) is 6.08 Å². The zero-order valence-electron chi connectivity index (χ0n) is 12.1. The number of anilines is 1. The van der Waals surface area contributed by atoms with Gasteiger partial charge >= 0.3 is 5.97 Å². The van der Waals surface area contributed by atoms with Crippen LogP contribution in [0.1, 0.15) is 16.1 Å². The fourth-order valence-electron chi connectivity index (χ4n) is 1.91. The average molecular weight is 328 g/mol. The highest BCUT2D eigenvalue weighted by Gasteiger charge is 2.10. The number of ether oxygens (including phenoxy) is 1. The lowest BCUT2D eigenvalue weighted by Crippen LogP contribution is -2.07. The maximum atomic E-state index is 11.9. The molecule has 0 radical (unpaired) electrons. The Kier molecular flexibility index (Phi) is 4.20. The average Bonchev–Trinajstić information content (AvgIpc) is 3.20. The Balaban J connectivity index is 1.75. The largest absolute Gasteiger partial charge is 0.465 e. The second-order valence-electron chi connectivity index (χ2n) is 4.53. The van der Waals surface area contributed by atoms with E-state index in [-0.39, 0.29) is 5.91 Å². The minimum Gasteiger partial charge on any atom is -0.465 e. The number of furan rings is 1. The van der Waals surface area contributed by atoms with Crippen LogP contribution in [-0.2, 0) is 9.53 Å². The molecule has 0 aliphatic carbocycles. The number of carbonyl (C=O) groups is 2. The van der Waals surface area contributed by atoms with Gasteiger partial charge in [-0.1, -0.05) is 11.3 Å². The number of thiazole rings is 1. The van der Waals surface area contributed by atoms with Crippen molar-refractivity contribution in [2.75, 3.05) is 12.4 Å². The van der Waals surface area contributed by atoms with Gasteiger partial charge in [0.15, 0.2) is 5.13 Å². The maximum absolute atomic E-state index is 11.9. The Labute approximate surface area is 135 Å². The third kappa shape index (κ3) is 3.46. The number of fused-ring (bicyclic) bond motifs is 1. The maximum Gasteiger partial charge on any atom is 0.337 e. The summed E-state index contributed by atoms with van der Waals surface area (Å²) in [6, 6.07) is 8.52. The fourth-order valence-corrected chi connectivity index (χ4v) is 2.82. The van der Waals surface area contributed by atoms with E-state index in [2.05, 4.69) is 15.0 Å². The van der Waals surface area contributed by atoms with E-state index in [4.69, 9.17) is 4.42 Å². The zero-order valence-corrected chi connectivity index (χ0v) is 12.9. The summed E-state index contributed by atoms with van der Waals surface area (Å²) in [7, 11) is 1.33. The number of rotatable bonds is 4. The molecular weight excluding hydrogens is 316 g/mol. The Bertz CT molecular complexity index is 881. The van der Waals surface area contributed by atoms with Crippen LogP contribution in [0.2, 0.25) is 0 Å². The number of methoxy groups -OCH3 is 1. The molecule has 0 saturated carbocycles. The van der Waals surface area contributed by atoms with Gasteiger partial charge in [0.05, 0.1) is 29.2 Å². The first-order valence-corrected chi connectivity index (χ1v) is 7.49. The van der Waals surface area contributed by atoms with E-state index in [1.807, 2.05) is 0 Å². The first-order chi connectivity index (χ1) is 11.2. The van der Waals surface area contributed by atoms with E-state index >= 15 is 0 Å². The standard InChI is InChI=1S/C16H12N2O4S/c1-21-15(20)10-4-6-12-13(9-10)23-16(17-12)18-14(19)7-5-11-3-2-8-22-11/h2-9H,1H3,(H,17,18,19)/b7-5+. The van der Waals surface area contributed by atoms with Crippen molar-refractivity contribution >= 4 is 44.6 Å². The van der Waals surface area contributed by atoms with Crippen LogP contribution >= 0.6 is 11.3 Å². The molecule has 0 atom stereocenters. The van der Waals surface area contributed by atoms with Crippen molar-refractivity contribution in [1.82, 2.24) is 4.98 Å². The van der Waals surface area contributed by atoms with Crippen LogP contribution < -0.4 is 5.32 Å². The number of aromatic nitrogens is 1. The van der Waals surface area contributed by atoms with Gasteiger partial charge in [-0.15, -0.1) is 0 Å². The van der Waals surface area contributed by atoms with Crippen molar-refractivity contribution in [2.45, 2.75) is 0 Å². The van der Waals surface area contributed by atoms with Crippen LogP contribution in [0.15, 0.2) is 47.1 Å². The quantitative estimate of drug-likeness (QED) is 0.587. The van der Waals surface area contributed by atoms with Crippen LogP contribution in [0.5, 0.6) is 0 Å². The molecule has 1 aromatic carbocycles. The highest BCUT2D eigenvalue weighted by Crippen LogP contribution is 2.27. The van der Waals surface area contributed by atoms with E-state index in [1.165, 1.54) is 30.8 Å². The van der Waals surface area contributed by atoms with Crippen LogP contribution in [0.25, 0.3) is 16.3 Å². The topological polar surface area (TPSA) is 81.4 Å². The number of benzene rings is 1. The molecule has 1 amide bonds. The Morgan fingerprint density at radius 3 is 2.96 bits per heavy atom. The highest BCUT2D eigenvalue weighted by molar-refractivity contribution is 7.22. The molecule has 3 aromatic rings. The summed E-state index contributed by atoms with van der Waals surface area (Å²) in [6.45, 7) is 0. The molecule has 0 aliphatic heterocycles. The van der Waals surface area contributed by atoms with Crippen molar-refractivity contribution in [2.24, 2.45) is 0 Å². The van der Waals surface area contributed by atoms with Crippen molar-refractivity contribution in [3.8, 4) is 0 Å². The first kappa shape index (κ1) is 15.0. The van der Waals surface area contributed by atoms with E-state index in [0.29, 0.717) is 22.0 Å². The minimum absolute atomic E-state index is 0.311. The number of carbonyl (C=O) groups excluding carboxylic acids is 2. The SMILES string of the molecule is COC(=O)c1ccc2nc(NC(=O)/C=C/c3ccco3)sc2c1. The number of hydrogen-bond acceptors (Lipinski definition) is 6. The molecule has 0 bridgehead atoms. The Morgan fingerprint density at radius 1 is 1.35 bits per heavy atom. The molecule has 6 nitrogen and oxygen atoms in total. The smallest absolute Gasteiger partial charge is 0.337 e. The van der Waals surface area contributed by atoms with E-state index < -0.39 is 5.97 Å². The summed E-state index contributed by atoms with van der Waals surface area (Å²) < 4.78 is 10.6. The second-order valence-corrected chi connectivity index (χ2v) is 5.56. The zero-order chi connectivity index (χ0) is 16.2. The molecule has 7 heteroatoms. The normalized spacial score (nSPS) is 11.0. The predicted octanol–water partition coefficient (Wildman–Crippen LogP) is 3.33. The minimum atomic E-state index is -0.410. The van der Waals surface area contributed by atoms with Gasteiger partial charge in [0.1, 0.15) is 5.76 Å². The van der Waals surface area contributed by atoms with Gasteiger partial charge in [-0.25, -0.2) is 9.78 Å². The molecule has 0 unspecified atom stereocenters. The van der Waals surface area contributed by atoms with Gasteiger partial charge in [-0.3, -0.25) is 10.1 Å². The van der Waals surface area contributed by atoms with Gasteiger partial charge in [0.25, 0.3) is 0 Å². The molecule has 116 valence electrons. The third-order valence-corrected chi connectivity index (χ3v) is 3.92. The number of hydrogen-bond donors (Lipinski definition) is 1. The lowest BCUT2D eigenvalue weighted by atomic mass is 10.2. The van der Waals surface area contributed by atoms with Crippen molar-refractivity contribution < 1.29 is 18.7 Å². The van der Waals surface area contributed by atoms with E-state index in [1.54, 1.807) is 36.4 Å². The van der Waals surface area contributed by atoms with E-state index in [0.717, 1.165) is 4.70 Å². The summed E-state index contributed by atoms with van der Waals surface area (Å²) in [5.41, 5.74) is 1.15. The van der Waals surface area contributed by atoms with Crippen molar-refractivity contribution in [1.29, 1.82) is 0 Å². The summed E-state index contributed by atoms with van der Waals surface area (Å²) in [6.07, 6.45) is 4.47. The predicted molar refractivity (Wildman–Crippen MR) is 87.3 cm³/mol. The Morgan fingerprint density at radius 2 is 2.22 bits per heavy atom. The lowest BCUT2D eigenvalue weighted by Gasteiger charge is -1.97. The number of esters is 1. The molecule has 23 heavy (non-hydrogen) atoms. The number of amides is 1. The van der Waals surface area contributed by atoms with Gasteiger partial charge < -0.3 is 9.15 Å². The van der Waals surface area contributed by atoms with Gasteiger partial charge in [0.2, 0.25) is 5.91 Å². The van der Waals surface area contributed by atoms with E-state index in [9.17, 15) is 9.59 Å². The molecule has 0 aliphatic rings. The first-order valence-electron chi connectivity index (χ1n) is 6.67. The van der Waals surface area contributed by atoms with Gasteiger partial charge in [-0.05, 0) is 36.4 Å². The second kappa shape index (κ2) is 6.45. The van der Waals surface area contributed by atoms with Crippen LogP contribution in [-0.4, -0.2) is 24.0 Å². The van der Waals surface area contributed by atoms with Crippen LogP contribution in [0.3, 0.4) is 0 Å². The molecule has 3 rings (SSSR count). The summed E-state index contributed by atoms with van der Waals surface area (Å²) >= 11 is 1.28. The summed E-state index contributed by atoms with van der Waals surface area (Å²) in [4.78, 5) is 27.7. The third-order valence-electron chi connectivity index (χ3n) is 2.98. The molecular formula is C16H12N2O4S. The molecule has 1 N–H and O–H groups in total. The molecule has 0 fully saturated rings. The summed E-state index contributed by atoms with van der Waals surface area (Å²) in [5.74, 6) is -0.131. The Hall–Kier alpha value is -2.93. The molecule has 2 heterocycles. The fraction of sp³-hybridized carbons (Fsp3) is 0.0625. The van der Waals surface area contributed by atoms with Crippen molar-refractivity contribution in [3.63, 3.8) is 0 Å². The highest BCUT2D eigenvalue weighted by atomic mass is 32.1.